The molecule has 0 saturated carbocycles. The first-order valence-electron chi connectivity index (χ1n) is 8.03. The molecule has 0 aliphatic carbocycles. The summed E-state index contributed by atoms with van der Waals surface area (Å²) in [6.07, 6.45) is 3.07. The van der Waals surface area contributed by atoms with Gasteiger partial charge in [-0.3, -0.25) is 9.59 Å². The van der Waals surface area contributed by atoms with Crippen LogP contribution < -0.4 is 20.1 Å². The van der Waals surface area contributed by atoms with Crippen LogP contribution in [-0.4, -0.2) is 33.1 Å². The zero-order valence-corrected chi connectivity index (χ0v) is 15.3. The maximum Gasteiger partial charge on any atom is 0.251 e. The van der Waals surface area contributed by atoms with Gasteiger partial charge < -0.3 is 20.1 Å². The van der Waals surface area contributed by atoms with Crippen molar-refractivity contribution in [2.45, 2.75) is 6.92 Å². The van der Waals surface area contributed by atoms with Gasteiger partial charge in [-0.2, -0.15) is 0 Å². The van der Waals surface area contributed by atoms with E-state index in [9.17, 15) is 9.59 Å². The minimum Gasteiger partial charge on any atom is -0.497 e. The molecule has 26 heavy (non-hydrogen) atoms. The van der Waals surface area contributed by atoms with Crippen molar-refractivity contribution in [2.24, 2.45) is 0 Å². The molecule has 6 nitrogen and oxygen atoms in total. The molecule has 2 aromatic carbocycles. The molecule has 6 heteroatoms. The van der Waals surface area contributed by atoms with Crippen LogP contribution in [0.25, 0.3) is 6.08 Å². The molecule has 0 aliphatic heterocycles. The van der Waals surface area contributed by atoms with E-state index >= 15 is 0 Å². The highest BCUT2D eigenvalue weighted by Gasteiger charge is 2.11. The van der Waals surface area contributed by atoms with Gasteiger partial charge in [-0.05, 0) is 42.8 Å². The van der Waals surface area contributed by atoms with Crippen LogP contribution in [0.5, 0.6) is 11.5 Å². The lowest BCUT2D eigenvalue weighted by Gasteiger charge is -2.11. The predicted octanol–water partition coefficient (Wildman–Crippen LogP) is 3.02. The third-order valence-electron chi connectivity index (χ3n) is 3.92. The van der Waals surface area contributed by atoms with E-state index in [4.69, 9.17) is 9.47 Å². The normalized spacial score (nSPS) is 10.5. The Morgan fingerprint density at radius 2 is 1.85 bits per heavy atom. The summed E-state index contributed by atoms with van der Waals surface area (Å²) in [6.45, 7) is 1.79. The molecule has 0 aromatic heterocycles. The highest BCUT2D eigenvalue weighted by Crippen LogP contribution is 2.25. The molecular weight excluding hydrogens is 332 g/mol. The molecule has 0 bridgehead atoms. The number of hydrogen-bond donors (Lipinski definition) is 2. The minimum absolute atomic E-state index is 0.197. The van der Waals surface area contributed by atoms with Gasteiger partial charge in [0.2, 0.25) is 5.91 Å². The second-order valence-electron chi connectivity index (χ2n) is 5.49. The Kier molecular flexibility index (Phi) is 6.38. The number of amides is 2. The van der Waals surface area contributed by atoms with Crippen molar-refractivity contribution in [3.8, 4) is 11.5 Å². The Bertz CT molecular complexity index is 844. The quantitative estimate of drug-likeness (QED) is 0.782. The SMILES string of the molecule is CNC(=O)c1cccc(NC(=O)/C=C/c2ccc(OC)cc2OC)c1C. The van der Waals surface area contributed by atoms with Crippen molar-refractivity contribution < 1.29 is 19.1 Å². The van der Waals surface area contributed by atoms with E-state index in [0.717, 1.165) is 5.56 Å². The molecule has 2 aromatic rings. The molecule has 0 unspecified atom stereocenters. The monoisotopic (exact) mass is 354 g/mol. The van der Waals surface area contributed by atoms with Gasteiger partial charge in [-0.15, -0.1) is 0 Å². The summed E-state index contributed by atoms with van der Waals surface area (Å²) < 4.78 is 10.5. The summed E-state index contributed by atoms with van der Waals surface area (Å²) in [4.78, 5) is 24.1. The van der Waals surface area contributed by atoms with Crippen LogP contribution in [0.3, 0.4) is 0 Å². The fourth-order valence-electron chi connectivity index (χ4n) is 2.45. The van der Waals surface area contributed by atoms with E-state index in [2.05, 4.69) is 10.6 Å². The lowest BCUT2D eigenvalue weighted by molar-refractivity contribution is -0.111. The van der Waals surface area contributed by atoms with Gasteiger partial charge in [-0.25, -0.2) is 0 Å². The van der Waals surface area contributed by atoms with E-state index in [1.807, 2.05) is 0 Å². The second-order valence-corrected chi connectivity index (χ2v) is 5.49. The first-order chi connectivity index (χ1) is 12.5. The van der Waals surface area contributed by atoms with Crippen molar-refractivity contribution in [3.05, 3.63) is 59.2 Å². The summed E-state index contributed by atoms with van der Waals surface area (Å²) in [7, 11) is 4.70. The standard InChI is InChI=1S/C20H22N2O4/c1-13-16(20(24)21-2)6-5-7-17(13)22-19(23)11-9-14-8-10-15(25-3)12-18(14)26-4/h5-12H,1-4H3,(H,21,24)(H,22,23)/b11-9+. The van der Waals surface area contributed by atoms with Gasteiger partial charge in [0, 0.05) is 36.0 Å². The summed E-state index contributed by atoms with van der Waals surface area (Å²) in [6, 6.07) is 10.5. The number of benzene rings is 2. The molecule has 2 rings (SSSR count). The zero-order valence-electron chi connectivity index (χ0n) is 15.3. The third kappa shape index (κ3) is 4.42. The molecule has 0 spiro atoms. The lowest BCUT2D eigenvalue weighted by Crippen LogP contribution is -2.20. The molecule has 2 N–H and O–H groups in total. The number of nitrogens with one attached hydrogen (secondary N) is 2. The van der Waals surface area contributed by atoms with Gasteiger partial charge >= 0.3 is 0 Å². The van der Waals surface area contributed by atoms with Crippen molar-refractivity contribution in [1.82, 2.24) is 5.32 Å². The average molecular weight is 354 g/mol. The molecule has 0 aliphatic rings. The molecule has 0 saturated heterocycles. The van der Waals surface area contributed by atoms with Gasteiger partial charge in [-0.1, -0.05) is 6.07 Å². The fraction of sp³-hybridized carbons (Fsp3) is 0.200. The molecule has 0 atom stereocenters. The Balaban J connectivity index is 2.17. The summed E-state index contributed by atoms with van der Waals surface area (Å²) in [5.74, 6) is 0.772. The van der Waals surface area contributed by atoms with E-state index in [-0.39, 0.29) is 11.8 Å². The number of carbonyl (C=O) groups is 2. The molecule has 0 radical (unpaired) electrons. The van der Waals surface area contributed by atoms with E-state index in [0.29, 0.717) is 28.3 Å². The first-order valence-corrected chi connectivity index (χ1v) is 8.03. The van der Waals surface area contributed by atoms with Gasteiger partial charge in [0.05, 0.1) is 14.2 Å². The Labute approximate surface area is 152 Å². The topological polar surface area (TPSA) is 76.7 Å². The number of carbonyl (C=O) groups excluding carboxylic acids is 2. The van der Waals surface area contributed by atoms with Gasteiger partial charge in [0.1, 0.15) is 11.5 Å². The van der Waals surface area contributed by atoms with Crippen LogP contribution in [0.4, 0.5) is 5.69 Å². The van der Waals surface area contributed by atoms with Crippen LogP contribution in [0.1, 0.15) is 21.5 Å². The van der Waals surface area contributed by atoms with Crippen molar-refractivity contribution >= 4 is 23.6 Å². The van der Waals surface area contributed by atoms with E-state index in [1.54, 1.807) is 70.7 Å². The molecule has 2 amide bonds. The van der Waals surface area contributed by atoms with Crippen LogP contribution in [0.2, 0.25) is 0 Å². The summed E-state index contributed by atoms with van der Waals surface area (Å²) in [5.41, 5.74) is 2.56. The third-order valence-corrected chi connectivity index (χ3v) is 3.92. The van der Waals surface area contributed by atoms with E-state index in [1.165, 1.54) is 6.08 Å². The van der Waals surface area contributed by atoms with E-state index < -0.39 is 0 Å². The Morgan fingerprint density at radius 1 is 1.08 bits per heavy atom. The van der Waals surface area contributed by atoms with Gasteiger partial charge in [0.15, 0.2) is 0 Å². The fourth-order valence-corrected chi connectivity index (χ4v) is 2.45. The molecule has 0 fully saturated rings. The number of rotatable bonds is 6. The maximum absolute atomic E-state index is 12.2. The smallest absolute Gasteiger partial charge is 0.251 e. The number of anilines is 1. The number of hydrogen-bond acceptors (Lipinski definition) is 4. The first kappa shape index (κ1) is 19.1. The molecule has 136 valence electrons. The van der Waals surface area contributed by atoms with Crippen LogP contribution in [-0.2, 0) is 4.79 Å². The molecular formula is C20H22N2O4. The Morgan fingerprint density at radius 3 is 2.50 bits per heavy atom. The van der Waals surface area contributed by atoms with Crippen molar-refractivity contribution in [2.75, 3.05) is 26.6 Å². The van der Waals surface area contributed by atoms with Crippen LogP contribution >= 0.6 is 0 Å². The highest BCUT2D eigenvalue weighted by molar-refractivity contribution is 6.04. The largest absolute Gasteiger partial charge is 0.497 e. The predicted molar refractivity (Wildman–Crippen MR) is 102 cm³/mol. The highest BCUT2D eigenvalue weighted by atomic mass is 16.5. The minimum atomic E-state index is -0.306. The zero-order chi connectivity index (χ0) is 19.1. The van der Waals surface area contributed by atoms with Crippen LogP contribution in [0, 0.1) is 6.92 Å². The average Bonchev–Trinajstić information content (AvgIpc) is 2.67. The summed E-state index contributed by atoms with van der Waals surface area (Å²) in [5, 5.41) is 5.37. The van der Waals surface area contributed by atoms with Crippen molar-refractivity contribution in [3.63, 3.8) is 0 Å². The number of ether oxygens (including phenoxy) is 2. The Hall–Kier alpha value is -3.28. The lowest BCUT2D eigenvalue weighted by atomic mass is 10.1. The summed E-state index contributed by atoms with van der Waals surface area (Å²) >= 11 is 0. The van der Waals surface area contributed by atoms with Crippen LogP contribution in [0.15, 0.2) is 42.5 Å². The molecule has 0 heterocycles. The maximum atomic E-state index is 12.2. The second kappa shape index (κ2) is 8.71. The van der Waals surface area contributed by atoms with Crippen molar-refractivity contribution in [1.29, 1.82) is 0 Å². The van der Waals surface area contributed by atoms with Gasteiger partial charge in [0.25, 0.3) is 5.91 Å². The number of methoxy groups -OCH3 is 2.